The molecule has 0 aliphatic heterocycles. The number of anilines is 2. The van der Waals surface area contributed by atoms with Crippen LogP contribution in [0.2, 0.25) is 0 Å². The number of aromatic nitrogens is 2. The van der Waals surface area contributed by atoms with Gasteiger partial charge in [0.25, 0.3) is 0 Å². The molecule has 2 aromatic rings. The lowest BCUT2D eigenvalue weighted by Crippen LogP contribution is -2.10. The average molecular weight is 266 g/mol. The topological polar surface area (TPSA) is 114 Å². The lowest BCUT2D eigenvalue weighted by Gasteiger charge is -2.09. The Kier molecular flexibility index (Phi) is 3.60. The minimum absolute atomic E-state index is 0.0612. The second kappa shape index (κ2) is 5.34. The Balaban J connectivity index is 2.07. The smallest absolute Gasteiger partial charge is 0.337 e. The van der Waals surface area contributed by atoms with Crippen molar-refractivity contribution < 1.29 is 18.8 Å². The minimum Gasteiger partial charge on any atom is -0.478 e. The van der Waals surface area contributed by atoms with Crippen LogP contribution in [-0.4, -0.2) is 27.8 Å². The molecule has 0 radical (unpaired) electrons. The molecule has 2 rings (SSSR count). The quantitative estimate of drug-likeness (QED) is 0.695. The first-order valence-electron chi connectivity index (χ1n) is 5.39. The van der Waals surface area contributed by atoms with Crippen LogP contribution in [0.25, 0.3) is 0 Å². The summed E-state index contributed by atoms with van der Waals surface area (Å²) in [4.78, 5) is 14.7. The van der Waals surface area contributed by atoms with Crippen molar-refractivity contribution >= 4 is 17.3 Å². The van der Waals surface area contributed by atoms with Gasteiger partial charge >= 0.3 is 5.97 Å². The zero-order chi connectivity index (χ0) is 13.8. The monoisotopic (exact) mass is 266 g/mol. The summed E-state index contributed by atoms with van der Waals surface area (Å²) in [7, 11) is 0. The Labute approximate surface area is 107 Å². The lowest BCUT2D eigenvalue weighted by molar-refractivity contribution is 0.0698. The highest BCUT2D eigenvalue weighted by Crippen LogP contribution is 2.22. The molecule has 0 saturated heterocycles. The van der Waals surface area contributed by atoms with Gasteiger partial charge in [0, 0.05) is 18.7 Å². The van der Waals surface area contributed by atoms with E-state index in [-0.39, 0.29) is 16.9 Å². The summed E-state index contributed by atoms with van der Waals surface area (Å²) in [6.07, 6.45) is 1.66. The Hall–Kier alpha value is -2.64. The van der Waals surface area contributed by atoms with Gasteiger partial charge in [-0.15, -0.1) is 0 Å². The molecule has 8 heteroatoms. The number of hydrogen-bond acceptors (Lipinski definition) is 6. The van der Waals surface area contributed by atoms with E-state index in [1.807, 2.05) is 0 Å². The maximum absolute atomic E-state index is 13.6. The van der Waals surface area contributed by atoms with E-state index in [1.165, 1.54) is 6.33 Å². The zero-order valence-electron chi connectivity index (χ0n) is 9.76. The second-order valence-corrected chi connectivity index (χ2v) is 3.74. The molecule has 19 heavy (non-hydrogen) atoms. The molecule has 0 saturated carbocycles. The van der Waals surface area contributed by atoms with Gasteiger partial charge < -0.3 is 20.7 Å². The van der Waals surface area contributed by atoms with Gasteiger partial charge in [0.15, 0.2) is 6.33 Å². The van der Waals surface area contributed by atoms with E-state index in [9.17, 15) is 9.18 Å². The maximum Gasteiger partial charge on any atom is 0.337 e. The van der Waals surface area contributed by atoms with Crippen molar-refractivity contribution in [2.75, 3.05) is 17.6 Å². The molecule has 0 aliphatic carbocycles. The molecule has 0 spiro atoms. The van der Waals surface area contributed by atoms with Crippen LogP contribution in [0.4, 0.5) is 15.8 Å². The number of rotatable bonds is 5. The fraction of sp³-hybridized carbons (Fsp3) is 0.182. The van der Waals surface area contributed by atoms with E-state index in [4.69, 9.17) is 15.4 Å². The van der Waals surface area contributed by atoms with Gasteiger partial charge in [0.05, 0.1) is 11.3 Å². The Morgan fingerprint density at radius 1 is 1.53 bits per heavy atom. The molecule has 0 atom stereocenters. The Morgan fingerprint density at radius 2 is 2.32 bits per heavy atom. The van der Waals surface area contributed by atoms with Crippen LogP contribution in [0, 0.1) is 5.82 Å². The summed E-state index contributed by atoms with van der Waals surface area (Å²) >= 11 is 0. The molecule has 0 unspecified atom stereocenters. The molecule has 7 nitrogen and oxygen atoms in total. The predicted molar refractivity (Wildman–Crippen MR) is 64.3 cm³/mol. The third-order valence-electron chi connectivity index (χ3n) is 2.43. The summed E-state index contributed by atoms with van der Waals surface area (Å²) < 4.78 is 18.3. The Morgan fingerprint density at radius 3 is 2.95 bits per heavy atom. The number of halogens is 1. The number of aromatic carboxylic acids is 1. The minimum atomic E-state index is -1.21. The Bertz CT molecular complexity index is 586. The number of carbonyl (C=O) groups is 1. The number of nitrogens with two attached hydrogens (primary N) is 1. The van der Waals surface area contributed by atoms with Crippen LogP contribution in [-0.2, 0) is 6.42 Å². The number of hydrogen-bond donors (Lipinski definition) is 3. The van der Waals surface area contributed by atoms with Crippen molar-refractivity contribution in [3.05, 3.63) is 35.7 Å². The summed E-state index contributed by atoms with van der Waals surface area (Å²) in [6.45, 7) is 0.322. The van der Waals surface area contributed by atoms with Crippen molar-refractivity contribution in [1.82, 2.24) is 10.1 Å². The highest BCUT2D eigenvalue weighted by molar-refractivity contribution is 5.94. The van der Waals surface area contributed by atoms with Crippen molar-refractivity contribution in [3.8, 4) is 0 Å². The van der Waals surface area contributed by atoms with Crippen LogP contribution >= 0.6 is 0 Å². The fourth-order valence-electron chi connectivity index (χ4n) is 1.52. The van der Waals surface area contributed by atoms with E-state index < -0.39 is 11.8 Å². The molecular weight excluding hydrogens is 255 g/mol. The second-order valence-electron chi connectivity index (χ2n) is 3.74. The van der Waals surface area contributed by atoms with Gasteiger partial charge in [-0.25, -0.2) is 9.18 Å². The third-order valence-corrected chi connectivity index (χ3v) is 2.43. The van der Waals surface area contributed by atoms with Crippen LogP contribution < -0.4 is 11.1 Å². The van der Waals surface area contributed by atoms with Crippen molar-refractivity contribution in [3.63, 3.8) is 0 Å². The number of nitrogen functional groups attached to an aromatic ring is 1. The molecule has 100 valence electrons. The zero-order valence-corrected chi connectivity index (χ0v) is 9.76. The van der Waals surface area contributed by atoms with E-state index in [0.717, 1.165) is 12.1 Å². The number of nitrogens with zero attached hydrogens (tertiary/aromatic N) is 2. The van der Waals surface area contributed by atoms with E-state index in [2.05, 4.69) is 15.5 Å². The first kappa shape index (κ1) is 12.8. The molecule has 1 aromatic carbocycles. The first-order valence-corrected chi connectivity index (χ1v) is 5.39. The first-order chi connectivity index (χ1) is 9.08. The third kappa shape index (κ3) is 2.97. The van der Waals surface area contributed by atoms with E-state index in [0.29, 0.717) is 18.9 Å². The van der Waals surface area contributed by atoms with Crippen molar-refractivity contribution in [2.45, 2.75) is 6.42 Å². The van der Waals surface area contributed by atoms with Crippen molar-refractivity contribution in [1.29, 1.82) is 0 Å². The van der Waals surface area contributed by atoms with Gasteiger partial charge in [-0.2, -0.15) is 4.98 Å². The number of carboxylic acids is 1. The fourth-order valence-corrected chi connectivity index (χ4v) is 1.52. The molecular formula is C11H11FN4O3. The number of benzene rings is 1. The largest absolute Gasteiger partial charge is 0.478 e. The van der Waals surface area contributed by atoms with E-state index in [1.54, 1.807) is 0 Å². The molecule has 4 N–H and O–H groups in total. The predicted octanol–water partition coefficient (Wildman–Crippen LogP) is 1.14. The standard InChI is InChI=1S/C11H11FN4O3/c12-7-4-8(13)6(11(17)18)3-9(7)14-2-1-10-15-5-16-19-10/h3-5,14H,1-2,13H2,(H,17,18). The van der Waals surface area contributed by atoms with Crippen LogP contribution in [0.1, 0.15) is 16.2 Å². The van der Waals surface area contributed by atoms with Gasteiger partial charge in [-0.05, 0) is 12.1 Å². The molecule has 1 heterocycles. The number of nitrogens with one attached hydrogen (secondary N) is 1. The van der Waals surface area contributed by atoms with E-state index >= 15 is 0 Å². The highest BCUT2D eigenvalue weighted by atomic mass is 19.1. The van der Waals surface area contributed by atoms with Gasteiger partial charge in [0.2, 0.25) is 5.89 Å². The molecule has 0 amide bonds. The lowest BCUT2D eigenvalue weighted by atomic mass is 10.1. The summed E-state index contributed by atoms with van der Waals surface area (Å²) in [6, 6.07) is 2.12. The van der Waals surface area contributed by atoms with Gasteiger partial charge in [0.1, 0.15) is 5.82 Å². The molecule has 0 bridgehead atoms. The SMILES string of the molecule is Nc1cc(F)c(NCCc2ncno2)cc1C(=O)O. The van der Waals surface area contributed by atoms with Crippen molar-refractivity contribution in [2.24, 2.45) is 0 Å². The molecule has 1 aromatic heterocycles. The number of carboxylic acid groups (broad SMARTS) is 1. The molecule has 0 aliphatic rings. The average Bonchev–Trinajstić information content (AvgIpc) is 2.84. The van der Waals surface area contributed by atoms with Crippen LogP contribution in [0.3, 0.4) is 0 Å². The van der Waals surface area contributed by atoms with Gasteiger partial charge in [-0.3, -0.25) is 0 Å². The normalized spacial score (nSPS) is 10.4. The summed E-state index contributed by atoms with van der Waals surface area (Å²) in [5.74, 6) is -1.42. The summed E-state index contributed by atoms with van der Waals surface area (Å²) in [5.41, 5.74) is 5.21. The maximum atomic E-state index is 13.6. The molecule has 0 fully saturated rings. The highest BCUT2D eigenvalue weighted by Gasteiger charge is 2.13. The van der Waals surface area contributed by atoms with Crippen LogP contribution in [0.15, 0.2) is 23.0 Å². The summed E-state index contributed by atoms with van der Waals surface area (Å²) in [5, 5.41) is 15.1. The van der Waals surface area contributed by atoms with Gasteiger partial charge in [-0.1, -0.05) is 5.16 Å². The van der Waals surface area contributed by atoms with Crippen LogP contribution in [0.5, 0.6) is 0 Å².